The van der Waals surface area contributed by atoms with E-state index in [0.29, 0.717) is 0 Å². The Morgan fingerprint density at radius 1 is 0.543 bits per heavy atom. The summed E-state index contributed by atoms with van der Waals surface area (Å²) in [5.74, 6) is 5.53. The van der Waals surface area contributed by atoms with Crippen LogP contribution >= 0.6 is 0 Å². The number of hydrogen-bond acceptors (Lipinski definition) is 10. The number of hydrazone groups is 2. The minimum atomic E-state index is -0.0436. The molecule has 5 aliphatic heterocycles. The largest absolute Gasteiger partial charge is 0.453 e. The second-order valence-corrected chi connectivity index (χ2v) is 12.8. The lowest BCUT2D eigenvalue weighted by Gasteiger charge is -2.60. The number of nitrogens with zero attached hydrogens (tertiary/aromatic N) is 6. The number of ether oxygens (including phenoxy) is 2. The summed E-state index contributed by atoms with van der Waals surface area (Å²) in [7, 11) is 0. The van der Waals surface area contributed by atoms with Gasteiger partial charge in [-0.15, -0.1) is 0 Å². The Kier molecular flexibility index (Phi) is 5.38. The van der Waals surface area contributed by atoms with E-state index >= 15 is 0 Å². The van der Waals surface area contributed by atoms with Gasteiger partial charge in [-0.1, -0.05) is 48.5 Å². The van der Waals surface area contributed by atoms with Crippen molar-refractivity contribution in [1.29, 1.82) is 0 Å². The summed E-state index contributed by atoms with van der Waals surface area (Å²) >= 11 is 0. The SMILES string of the molecule is CC1=NNC2C3NN=C(C)N3C3C(N4c5ccccc5Oc5ccccc54)CC(N4c5ccccc5Oc5ccccc54)CC3N12. The molecule has 4 aromatic carbocycles. The number of rotatable bonds is 2. The molecule has 1 saturated carbocycles. The van der Waals surface area contributed by atoms with Crippen molar-refractivity contribution in [2.24, 2.45) is 10.2 Å². The van der Waals surface area contributed by atoms with Crippen LogP contribution in [0.25, 0.3) is 0 Å². The fraction of sp³-hybridized carbons (Fsp3) is 0.278. The van der Waals surface area contributed by atoms with Crippen LogP contribution in [0.1, 0.15) is 26.7 Å². The maximum absolute atomic E-state index is 6.51. The second kappa shape index (κ2) is 9.56. The zero-order valence-electron chi connectivity index (χ0n) is 25.6. The van der Waals surface area contributed by atoms with Crippen LogP contribution in [0.5, 0.6) is 23.0 Å². The fourth-order valence-corrected chi connectivity index (χ4v) is 8.78. The number of benzene rings is 4. The van der Waals surface area contributed by atoms with E-state index in [0.717, 1.165) is 70.3 Å². The molecular weight excluding hydrogens is 576 g/mol. The average molecular weight is 611 g/mol. The first-order chi connectivity index (χ1) is 22.7. The predicted molar refractivity (Wildman–Crippen MR) is 178 cm³/mol. The highest BCUT2D eigenvalue weighted by Gasteiger charge is 2.59. The van der Waals surface area contributed by atoms with Crippen molar-refractivity contribution in [3.8, 4) is 23.0 Å². The molecule has 0 amide bonds. The number of anilines is 4. The maximum atomic E-state index is 6.51. The van der Waals surface area contributed by atoms with Crippen molar-refractivity contribution in [3.63, 3.8) is 0 Å². The lowest BCUT2D eigenvalue weighted by molar-refractivity contribution is -0.0221. The van der Waals surface area contributed by atoms with Crippen molar-refractivity contribution in [2.45, 2.75) is 63.2 Å². The topological polar surface area (TPSA) is 80.2 Å². The van der Waals surface area contributed by atoms with Gasteiger partial charge in [0.25, 0.3) is 0 Å². The van der Waals surface area contributed by atoms with Gasteiger partial charge in [-0.3, -0.25) is 10.9 Å². The zero-order chi connectivity index (χ0) is 30.5. The highest BCUT2D eigenvalue weighted by Crippen LogP contribution is 2.54. The average Bonchev–Trinajstić information content (AvgIpc) is 3.68. The molecule has 0 bridgehead atoms. The summed E-state index contributed by atoms with van der Waals surface area (Å²) in [5.41, 5.74) is 11.3. The Hall–Kier alpha value is -5.38. The molecule has 0 radical (unpaired) electrons. The van der Waals surface area contributed by atoms with Crippen LogP contribution in [-0.2, 0) is 0 Å². The Labute approximate surface area is 267 Å². The van der Waals surface area contributed by atoms with E-state index in [9.17, 15) is 0 Å². The van der Waals surface area contributed by atoms with Crippen molar-refractivity contribution in [3.05, 3.63) is 97.1 Å². The van der Waals surface area contributed by atoms with Crippen LogP contribution in [-0.4, -0.2) is 58.0 Å². The van der Waals surface area contributed by atoms with Crippen molar-refractivity contribution in [2.75, 3.05) is 9.80 Å². The number of para-hydroxylation sites is 8. The smallest absolute Gasteiger partial charge is 0.157 e. The van der Waals surface area contributed by atoms with Crippen LogP contribution in [0.4, 0.5) is 22.7 Å². The van der Waals surface area contributed by atoms with E-state index in [1.54, 1.807) is 0 Å². The lowest BCUT2D eigenvalue weighted by atomic mass is 9.76. The Bertz CT molecular complexity index is 1850. The molecule has 2 N–H and O–H groups in total. The molecule has 6 aliphatic rings. The Morgan fingerprint density at radius 3 is 1.48 bits per heavy atom. The molecule has 46 heavy (non-hydrogen) atoms. The van der Waals surface area contributed by atoms with Crippen molar-refractivity contribution in [1.82, 2.24) is 20.7 Å². The minimum absolute atomic E-state index is 0.0321. The summed E-state index contributed by atoms with van der Waals surface area (Å²) < 4.78 is 13.0. The highest BCUT2D eigenvalue weighted by atomic mass is 16.5. The van der Waals surface area contributed by atoms with Gasteiger partial charge in [-0.05, 0) is 75.2 Å². The van der Waals surface area contributed by atoms with E-state index in [1.807, 2.05) is 0 Å². The molecule has 4 aromatic rings. The molecule has 10 heteroatoms. The standard InChI is InChI=1S/C36H34N8O2/c1-21-37-39-35-36-40-38-22(2)42(36)34-28(41(21)35)19-23(43-24-11-3-7-15-30(24)45-31-16-8-4-12-25(31)43)20-29(34)44-26-13-5-9-17-32(26)46-33-18-10-6-14-27(33)44/h3-18,23,28-29,34-36,39-40H,19-20H2,1-2H3. The quantitative estimate of drug-likeness (QED) is 0.274. The molecule has 230 valence electrons. The van der Waals surface area contributed by atoms with Gasteiger partial charge >= 0.3 is 0 Å². The van der Waals surface area contributed by atoms with Crippen LogP contribution in [0.3, 0.4) is 0 Å². The summed E-state index contributed by atoms with van der Waals surface area (Å²) in [6.45, 7) is 4.25. The molecular formula is C36H34N8O2. The van der Waals surface area contributed by atoms with Gasteiger partial charge in [0.1, 0.15) is 11.7 Å². The first kappa shape index (κ1) is 25.9. The zero-order valence-corrected chi connectivity index (χ0v) is 25.6. The van der Waals surface area contributed by atoms with E-state index in [-0.39, 0.29) is 36.5 Å². The highest BCUT2D eigenvalue weighted by molar-refractivity contribution is 5.86. The molecule has 6 unspecified atom stereocenters. The van der Waals surface area contributed by atoms with Gasteiger partial charge in [0.05, 0.1) is 40.9 Å². The third-order valence-electron chi connectivity index (χ3n) is 10.5. The molecule has 0 spiro atoms. The first-order valence-electron chi connectivity index (χ1n) is 16.1. The molecule has 1 aliphatic carbocycles. The van der Waals surface area contributed by atoms with Crippen molar-refractivity contribution >= 4 is 34.4 Å². The molecule has 10 rings (SSSR count). The van der Waals surface area contributed by atoms with Crippen LogP contribution in [0.15, 0.2) is 107 Å². The van der Waals surface area contributed by atoms with Gasteiger partial charge in [0.2, 0.25) is 0 Å². The number of hydrogen-bond donors (Lipinski definition) is 2. The lowest BCUT2D eigenvalue weighted by Crippen LogP contribution is -2.77. The van der Waals surface area contributed by atoms with Crippen LogP contribution in [0, 0.1) is 0 Å². The Morgan fingerprint density at radius 2 is 0.957 bits per heavy atom. The fourth-order valence-electron chi connectivity index (χ4n) is 8.78. The Balaban J connectivity index is 1.19. The van der Waals surface area contributed by atoms with Gasteiger partial charge in [-0.2, -0.15) is 10.2 Å². The number of piperazine rings is 1. The molecule has 6 atom stereocenters. The monoisotopic (exact) mass is 610 g/mol. The van der Waals surface area contributed by atoms with Gasteiger partial charge < -0.3 is 29.1 Å². The molecule has 1 saturated heterocycles. The van der Waals surface area contributed by atoms with E-state index in [4.69, 9.17) is 19.7 Å². The maximum Gasteiger partial charge on any atom is 0.157 e. The summed E-state index contributed by atoms with van der Waals surface area (Å²) in [5, 5.41) is 9.58. The van der Waals surface area contributed by atoms with Gasteiger partial charge in [-0.25, -0.2) is 0 Å². The summed E-state index contributed by atoms with van der Waals surface area (Å²) in [4.78, 5) is 10.1. The van der Waals surface area contributed by atoms with Crippen molar-refractivity contribution < 1.29 is 9.47 Å². The second-order valence-electron chi connectivity index (χ2n) is 12.8. The van der Waals surface area contributed by atoms with Gasteiger partial charge in [0, 0.05) is 6.04 Å². The predicted octanol–water partition coefficient (Wildman–Crippen LogP) is 6.29. The van der Waals surface area contributed by atoms with Crippen LogP contribution in [0.2, 0.25) is 0 Å². The minimum Gasteiger partial charge on any atom is -0.453 e. The van der Waals surface area contributed by atoms with E-state index in [1.165, 1.54) is 0 Å². The number of nitrogens with one attached hydrogen (secondary N) is 2. The summed E-state index contributed by atoms with van der Waals surface area (Å²) in [6, 6.07) is 34.2. The third kappa shape index (κ3) is 3.52. The number of fused-ring (bicyclic) bond motifs is 10. The van der Waals surface area contributed by atoms with Gasteiger partial charge in [0.15, 0.2) is 35.3 Å². The molecule has 10 nitrogen and oxygen atoms in total. The first-order valence-corrected chi connectivity index (χ1v) is 16.1. The number of amidine groups is 2. The molecule has 0 aromatic heterocycles. The van der Waals surface area contributed by atoms with Crippen LogP contribution < -0.4 is 30.1 Å². The summed E-state index contributed by atoms with van der Waals surface area (Å²) in [6.07, 6.45) is 1.75. The third-order valence-corrected chi connectivity index (χ3v) is 10.5. The van der Waals surface area contributed by atoms with E-state index < -0.39 is 0 Å². The molecule has 2 fully saturated rings. The normalized spacial score (nSPS) is 28.0. The van der Waals surface area contributed by atoms with E-state index in [2.05, 4.69) is 141 Å². The molecule has 5 heterocycles.